The normalized spacial score (nSPS) is 11.4. The molecule has 0 aromatic heterocycles. The third-order valence-corrected chi connectivity index (χ3v) is 2.48. The molecule has 0 fully saturated rings. The van der Waals surface area contributed by atoms with Gasteiger partial charge in [0.15, 0.2) is 0 Å². The molecule has 0 heterocycles. The summed E-state index contributed by atoms with van der Waals surface area (Å²) < 4.78 is 0. The minimum absolute atomic E-state index is 0.0477. The molecule has 1 aromatic carbocycles. The zero-order valence-electron chi connectivity index (χ0n) is 11.4. The van der Waals surface area contributed by atoms with Crippen LogP contribution in [0.4, 0.5) is 0 Å². The van der Waals surface area contributed by atoms with E-state index in [1.54, 1.807) is 19.9 Å². The number of rotatable bonds is 5. The van der Waals surface area contributed by atoms with Gasteiger partial charge in [-0.2, -0.15) is 0 Å². The summed E-state index contributed by atoms with van der Waals surface area (Å²) in [6.07, 6.45) is 0.788. The Bertz CT molecular complexity index is 422. The van der Waals surface area contributed by atoms with E-state index in [9.17, 15) is 9.90 Å². The molecule has 1 rings (SSSR count). The Kier molecular flexibility index (Phi) is 4.87. The van der Waals surface area contributed by atoms with E-state index in [0.29, 0.717) is 5.56 Å². The lowest BCUT2D eigenvalue weighted by molar-refractivity contribution is -0.0522. The average Bonchev–Trinajstić information content (AvgIpc) is 2.26. The predicted molar refractivity (Wildman–Crippen MR) is 70.3 cm³/mol. The lowest BCUT2D eigenvalue weighted by atomic mass is 10.0. The fourth-order valence-corrected chi connectivity index (χ4v) is 1.57. The fraction of sp³-hybridized carbons (Fsp3) is 0.500. The molecule has 0 radical (unpaired) electrons. The predicted octanol–water partition coefficient (Wildman–Crippen LogP) is 1.99. The summed E-state index contributed by atoms with van der Waals surface area (Å²) in [5.74, 6) is -0.281. The fourth-order valence-electron chi connectivity index (χ4n) is 1.57. The molecule has 0 aliphatic rings. The average molecular weight is 251 g/mol. The molecule has 0 unspecified atom stereocenters. The molecule has 0 spiro atoms. The van der Waals surface area contributed by atoms with Crippen LogP contribution in [0.25, 0.3) is 0 Å². The molecule has 0 bridgehead atoms. The third kappa shape index (κ3) is 4.47. The molecule has 1 aromatic rings. The highest BCUT2D eigenvalue weighted by Gasteiger charge is 2.15. The summed E-state index contributed by atoms with van der Waals surface area (Å²) in [4.78, 5) is 16.9. The van der Waals surface area contributed by atoms with Gasteiger partial charge >= 0.3 is 0 Å². The van der Waals surface area contributed by atoms with Gasteiger partial charge < -0.3 is 5.11 Å². The van der Waals surface area contributed by atoms with Crippen molar-refractivity contribution in [2.24, 2.45) is 0 Å². The summed E-state index contributed by atoms with van der Waals surface area (Å²) in [7, 11) is 0. The number of carbonyl (C=O) groups excluding carboxylic acids is 1. The van der Waals surface area contributed by atoms with Crippen LogP contribution in [-0.4, -0.2) is 23.2 Å². The number of hydrogen-bond acceptors (Lipinski definition) is 3. The maximum Gasteiger partial charge on any atom is 0.275 e. The second-order valence-corrected chi connectivity index (χ2v) is 5.05. The molecule has 0 saturated carbocycles. The van der Waals surface area contributed by atoms with Gasteiger partial charge in [-0.25, -0.2) is 5.48 Å². The van der Waals surface area contributed by atoms with Crippen molar-refractivity contribution in [3.05, 3.63) is 34.9 Å². The highest BCUT2D eigenvalue weighted by atomic mass is 16.7. The summed E-state index contributed by atoms with van der Waals surface area (Å²) in [6, 6.07) is 5.67. The van der Waals surface area contributed by atoms with Crippen molar-refractivity contribution in [1.82, 2.24) is 5.48 Å². The van der Waals surface area contributed by atoms with E-state index in [1.807, 2.05) is 26.0 Å². The summed E-state index contributed by atoms with van der Waals surface area (Å²) in [5, 5.41) is 9.46. The molecule has 1 amide bonds. The van der Waals surface area contributed by atoms with Crippen LogP contribution in [0.3, 0.4) is 0 Å². The Hall–Kier alpha value is -1.39. The first-order chi connectivity index (χ1) is 8.33. The van der Waals surface area contributed by atoms with Gasteiger partial charge in [0, 0.05) is 5.56 Å². The molecular weight excluding hydrogens is 230 g/mol. The van der Waals surface area contributed by atoms with E-state index in [1.165, 1.54) is 0 Å². The van der Waals surface area contributed by atoms with Crippen molar-refractivity contribution in [3.8, 4) is 0 Å². The Labute approximate surface area is 108 Å². The quantitative estimate of drug-likeness (QED) is 0.787. The number of amides is 1. The highest BCUT2D eigenvalue weighted by molar-refractivity contribution is 5.95. The van der Waals surface area contributed by atoms with Crippen molar-refractivity contribution in [2.75, 3.05) is 6.61 Å². The Morgan fingerprint density at radius 3 is 2.67 bits per heavy atom. The summed E-state index contributed by atoms with van der Waals surface area (Å²) in [6.45, 7) is 7.27. The van der Waals surface area contributed by atoms with Crippen molar-refractivity contribution >= 4 is 5.91 Å². The van der Waals surface area contributed by atoms with Crippen LogP contribution in [-0.2, 0) is 11.3 Å². The van der Waals surface area contributed by atoms with Gasteiger partial charge in [0.05, 0.1) is 5.60 Å². The van der Waals surface area contributed by atoms with E-state index >= 15 is 0 Å². The van der Waals surface area contributed by atoms with Crippen LogP contribution in [0.1, 0.15) is 42.3 Å². The number of hydroxylamine groups is 1. The molecular formula is C14H21NO3. The molecule has 0 aliphatic heterocycles. The molecule has 4 nitrogen and oxygen atoms in total. The van der Waals surface area contributed by atoms with Crippen LogP contribution >= 0.6 is 0 Å². The van der Waals surface area contributed by atoms with E-state index in [-0.39, 0.29) is 12.5 Å². The summed E-state index contributed by atoms with van der Waals surface area (Å²) >= 11 is 0. The number of aliphatic hydroxyl groups is 1. The zero-order chi connectivity index (χ0) is 13.8. The Balaban J connectivity index is 2.67. The van der Waals surface area contributed by atoms with Gasteiger partial charge in [-0.1, -0.05) is 24.6 Å². The first kappa shape index (κ1) is 14.7. The molecule has 4 heteroatoms. The minimum atomic E-state index is -0.964. The molecule has 0 saturated heterocycles. The van der Waals surface area contributed by atoms with Crippen molar-refractivity contribution < 1.29 is 14.7 Å². The number of carbonyl (C=O) groups is 1. The Morgan fingerprint density at radius 2 is 2.11 bits per heavy atom. The number of nitrogens with one attached hydrogen (secondary N) is 1. The van der Waals surface area contributed by atoms with Crippen LogP contribution in [0.2, 0.25) is 0 Å². The van der Waals surface area contributed by atoms with Gasteiger partial charge in [-0.3, -0.25) is 9.63 Å². The topological polar surface area (TPSA) is 58.6 Å². The van der Waals surface area contributed by atoms with Crippen LogP contribution in [0.15, 0.2) is 18.2 Å². The van der Waals surface area contributed by atoms with E-state index in [2.05, 4.69) is 5.48 Å². The van der Waals surface area contributed by atoms with Crippen molar-refractivity contribution in [3.63, 3.8) is 0 Å². The lowest BCUT2D eigenvalue weighted by Gasteiger charge is -2.17. The first-order valence-electron chi connectivity index (χ1n) is 6.07. The second kappa shape index (κ2) is 5.98. The van der Waals surface area contributed by atoms with Gasteiger partial charge in [-0.05, 0) is 38.8 Å². The van der Waals surface area contributed by atoms with Crippen LogP contribution in [0, 0.1) is 6.92 Å². The van der Waals surface area contributed by atoms with E-state index in [4.69, 9.17) is 4.84 Å². The Morgan fingerprint density at radius 1 is 1.44 bits per heavy atom. The molecule has 18 heavy (non-hydrogen) atoms. The third-order valence-electron chi connectivity index (χ3n) is 2.48. The molecule has 0 aliphatic carbocycles. The number of hydrogen-bond donors (Lipinski definition) is 2. The van der Waals surface area contributed by atoms with E-state index in [0.717, 1.165) is 17.5 Å². The van der Waals surface area contributed by atoms with Crippen LogP contribution in [0.5, 0.6) is 0 Å². The van der Waals surface area contributed by atoms with Crippen LogP contribution < -0.4 is 5.48 Å². The largest absolute Gasteiger partial charge is 0.388 e. The standard InChI is InChI=1S/C14H21NO3/c1-5-11-8-10(2)6-7-12(11)13(16)15-18-9-14(3,4)17/h6-8,17H,5,9H2,1-4H3,(H,15,16). The van der Waals surface area contributed by atoms with Crippen molar-refractivity contribution in [2.45, 2.75) is 39.7 Å². The van der Waals surface area contributed by atoms with Gasteiger partial charge in [0.1, 0.15) is 6.61 Å². The van der Waals surface area contributed by atoms with Gasteiger partial charge in [0.2, 0.25) is 0 Å². The number of aryl methyl sites for hydroxylation is 2. The maximum absolute atomic E-state index is 11.9. The first-order valence-corrected chi connectivity index (χ1v) is 6.07. The number of benzene rings is 1. The summed E-state index contributed by atoms with van der Waals surface area (Å²) in [5.41, 5.74) is 4.11. The molecule has 2 N–H and O–H groups in total. The lowest BCUT2D eigenvalue weighted by Crippen LogP contribution is -2.33. The molecule has 100 valence electrons. The second-order valence-electron chi connectivity index (χ2n) is 5.05. The molecule has 0 atom stereocenters. The van der Waals surface area contributed by atoms with Crippen molar-refractivity contribution in [1.29, 1.82) is 0 Å². The highest BCUT2D eigenvalue weighted by Crippen LogP contribution is 2.12. The zero-order valence-corrected chi connectivity index (χ0v) is 11.4. The minimum Gasteiger partial charge on any atom is -0.388 e. The van der Waals surface area contributed by atoms with Gasteiger partial charge in [-0.15, -0.1) is 0 Å². The monoisotopic (exact) mass is 251 g/mol. The SMILES string of the molecule is CCc1cc(C)ccc1C(=O)NOCC(C)(C)O. The van der Waals surface area contributed by atoms with E-state index < -0.39 is 5.60 Å². The smallest absolute Gasteiger partial charge is 0.275 e. The van der Waals surface area contributed by atoms with Gasteiger partial charge in [0.25, 0.3) is 5.91 Å². The maximum atomic E-state index is 11.9.